The van der Waals surface area contributed by atoms with Crippen LogP contribution in [0.1, 0.15) is 22.6 Å². The number of thiazole rings is 1. The molecule has 0 spiro atoms. The number of aromatic nitrogens is 4. The first-order valence-electron chi connectivity index (χ1n) is 9.01. The second kappa shape index (κ2) is 6.44. The number of imidazole rings is 1. The van der Waals surface area contributed by atoms with Gasteiger partial charge in [-0.2, -0.15) is 0 Å². The summed E-state index contributed by atoms with van der Waals surface area (Å²) in [6.45, 7) is 4.84. The molecule has 4 aromatic rings. The van der Waals surface area contributed by atoms with E-state index in [0.29, 0.717) is 0 Å². The Morgan fingerprint density at radius 1 is 1.19 bits per heavy atom. The SMILES string of the molecule is Cc1nc2sccn2c1CN1CCc2nc(-c3ccc(N)cc3)ncc2C1. The molecule has 136 valence electrons. The summed E-state index contributed by atoms with van der Waals surface area (Å²) in [7, 11) is 0. The van der Waals surface area contributed by atoms with Crippen molar-refractivity contribution in [1.29, 1.82) is 0 Å². The van der Waals surface area contributed by atoms with Gasteiger partial charge in [0.2, 0.25) is 0 Å². The highest BCUT2D eigenvalue weighted by molar-refractivity contribution is 7.15. The number of rotatable bonds is 3. The zero-order valence-corrected chi connectivity index (χ0v) is 15.9. The minimum Gasteiger partial charge on any atom is -0.399 e. The number of hydrogen-bond donors (Lipinski definition) is 1. The van der Waals surface area contributed by atoms with E-state index in [9.17, 15) is 0 Å². The van der Waals surface area contributed by atoms with E-state index >= 15 is 0 Å². The van der Waals surface area contributed by atoms with Crippen LogP contribution in [0.2, 0.25) is 0 Å². The predicted molar refractivity (Wildman–Crippen MR) is 108 cm³/mol. The summed E-state index contributed by atoms with van der Waals surface area (Å²) in [4.78, 5) is 17.6. The Balaban J connectivity index is 1.38. The van der Waals surface area contributed by atoms with Gasteiger partial charge in [-0.3, -0.25) is 9.30 Å². The molecule has 2 N–H and O–H groups in total. The lowest BCUT2D eigenvalue weighted by molar-refractivity contribution is 0.239. The fourth-order valence-electron chi connectivity index (χ4n) is 3.62. The monoisotopic (exact) mass is 376 g/mol. The van der Waals surface area contributed by atoms with Gasteiger partial charge in [-0.05, 0) is 31.2 Å². The van der Waals surface area contributed by atoms with Gasteiger partial charge in [-0.25, -0.2) is 15.0 Å². The summed E-state index contributed by atoms with van der Waals surface area (Å²) in [6, 6.07) is 7.72. The molecule has 1 aliphatic heterocycles. The van der Waals surface area contributed by atoms with E-state index in [1.54, 1.807) is 11.3 Å². The molecule has 7 heteroatoms. The zero-order chi connectivity index (χ0) is 18.4. The maximum Gasteiger partial charge on any atom is 0.194 e. The van der Waals surface area contributed by atoms with Crippen LogP contribution in [0.3, 0.4) is 0 Å². The Bertz CT molecular complexity index is 1110. The zero-order valence-electron chi connectivity index (χ0n) is 15.1. The molecular formula is C20H20N6S. The standard InChI is InChI=1S/C20H20N6S/c1-13-18(26-8-9-27-20(26)23-13)12-25-7-6-17-15(11-25)10-22-19(24-17)14-2-4-16(21)5-3-14/h2-5,8-10H,6-7,11-12,21H2,1H3. The van der Waals surface area contributed by atoms with Gasteiger partial charge >= 0.3 is 0 Å². The third-order valence-electron chi connectivity index (χ3n) is 5.12. The molecule has 6 nitrogen and oxygen atoms in total. The number of nitrogen functional groups attached to an aromatic ring is 1. The van der Waals surface area contributed by atoms with E-state index in [2.05, 4.69) is 37.8 Å². The maximum absolute atomic E-state index is 5.77. The molecule has 0 bridgehead atoms. The first kappa shape index (κ1) is 16.4. The Morgan fingerprint density at radius 2 is 2.04 bits per heavy atom. The lowest BCUT2D eigenvalue weighted by atomic mass is 10.1. The molecule has 1 aromatic carbocycles. The first-order valence-corrected chi connectivity index (χ1v) is 9.89. The van der Waals surface area contributed by atoms with Crippen molar-refractivity contribution >= 4 is 22.0 Å². The molecule has 1 aliphatic rings. The van der Waals surface area contributed by atoms with Crippen molar-refractivity contribution in [3.05, 3.63) is 64.7 Å². The predicted octanol–water partition coefficient (Wildman–Crippen LogP) is 3.30. The largest absolute Gasteiger partial charge is 0.399 e. The molecule has 0 aliphatic carbocycles. The fraction of sp³-hybridized carbons (Fsp3) is 0.250. The maximum atomic E-state index is 5.77. The van der Waals surface area contributed by atoms with Crippen molar-refractivity contribution in [2.75, 3.05) is 12.3 Å². The van der Waals surface area contributed by atoms with Gasteiger partial charge < -0.3 is 5.73 Å². The first-order chi connectivity index (χ1) is 13.2. The van der Waals surface area contributed by atoms with E-state index in [1.165, 1.54) is 11.3 Å². The average Bonchev–Trinajstić information content (AvgIpc) is 3.24. The van der Waals surface area contributed by atoms with Crippen molar-refractivity contribution in [2.45, 2.75) is 26.4 Å². The van der Waals surface area contributed by atoms with Gasteiger partial charge in [-0.1, -0.05) is 0 Å². The van der Waals surface area contributed by atoms with E-state index in [1.807, 2.05) is 30.5 Å². The molecule has 0 radical (unpaired) electrons. The summed E-state index contributed by atoms with van der Waals surface area (Å²) in [6.07, 6.45) is 5.02. The lowest BCUT2D eigenvalue weighted by Crippen LogP contribution is -2.31. The third kappa shape index (κ3) is 2.98. The fourth-order valence-corrected chi connectivity index (χ4v) is 4.40. The van der Waals surface area contributed by atoms with E-state index < -0.39 is 0 Å². The van der Waals surface area contributed by atoms with Gasteiger partial charge in [-0.15, -0.1) is 11.3 Å². The summed E-state index contributed by atoms with van der Waals surface area (Å²) in [5.74, 6) is 0.772. The third-order valence-corrected chi connectivity index (χ3v) is 5.87. The van der Waals surface area contributed by atoms with E-state index in [4.69, 9.17) is 10.7 Å². The average molecular weight is 376 g/mol. The van der Waals surface area contributed by atoms with Crippen LogP contribution in [0.15, 0.2) is 42.0 Å². The summed E-state index contributed by atoms with van der Waals surface area (Å²) in [5.41, 5.74) is 12.3. The molecule has 4 heterocycles. The van der Waals surface area contributed by atoms with Crippen molar-refractivity contribution in [3.63, 3.8) is 0 Å². The number of fused-ring (bicyclic) bond motifs is 2. The molecule has 0 saturated carbocycles. The van der Waals surface area contributed by atoms with Gasteiger partial charge in [0.25, 0.3) is 0 Å². The van der Waals surface area contributed by atoms with Gasteiger partial charge in [0.05, 0.1) is 17.1 Å². The Labute approximate surface area is 161 Å². The highest BCUT2D eigenvalue weighted by atomic mass is 32.1. The molecule has 3 aromatic heterocycles. The van der Waals surface area contributed by atoms with Crippen molar-refractivity contribution in [3.8, 4) is 11.4 Å². The smallest absolute Gasteiger partial charge is 0.194 e. The molecule has 0 atom stereocenters. The number of aryl methyl sites for hydroxylation is 1. The minimum absolute atomic E-state index is 0.752. The molecule has 0 unspecified atom stereocenters. The van der Waals surface area contributed by atoms with Crippen LogP contribution < -0.4 is 5.73 Å². The van der Waals surface area contributed by atoms with Crippen LogP contribution in [0.5, 0.6) is 0 Å². The molecule has 5 rings (SSSR count). The molecule has 0 amide bonds. The van der Waals surface area contributed by atoms with Crippen LogP contribution in [-0.4, -0.2) is 30.8 Å². The van der Waals surface area contributed by atoms with Crippen molar-refractivity contribution in [2.24, 2.45) is 0 Å². The van der Waals surface area contributed by atoms with Crippen molar-refractivity contribution < 1.29 is 0 Å². The Kier molecular flexibility index (Phi) is 3.91. The highest BCUT2D eigenvalue weighted by Gasteiger charge is 2.21. The number of benzene rings is 1. The minimum atomic E-state index is 0.752. The van der Waals surface area contributed by atoms with Gasteiger partial charge in [0, 0.05) is 60.6 Å². The highest BCUT2D eigenvalue weighted by Crippen LogP contribution is 2.24. The van der Waals surface area contributed by atoms with E-state index in [-0.39, 0.29) is 0 Å². The number of anilines is 1. The second-order valence-corrected chi connectivity index (χ2v) is 7.82. The summed E-state index contributed by atoms with van der Waals surface area (Å²) >= 11 is 1.68. The summed E-state index contributed by atoms with van der Waals surface area (Å²) in [5, 5.41) is 2.09. The topological polar surface area (TPSA) is 72.3 Å². The number of nitrogens with two attached hydrogens (primary N) is 1. The van der Waals surface area contributed by atoms with Crippen LogP contribution in [-0.2, 0) is 19.5 Å². The van der Waals surface area contributed by atoms with Gasteiger partial charge in [0.15, 0.2) is 10.8 Å². The Morgan fingerprint density at radius 3 is 2.89 bits per heavy atom. The van der Waals surface area contributed by atoms with Crippen molar-refractivity contribution in [1.82, 2.24) is 24.3 Å². The Hall–Kier alpha value is -2.77. The molecule has 0 fully saturated rings. The quantitative estimate of drug-likeness (QED) is 0.556. The molecular weight excluding hydrogens is 356 g/mol. The van der Waals surface area contributed by atoms with E-state index in [0.717, 1.165) is 59.5 Å². The second-order valence-electron chi connectivity index (χ2n) is 6.95. The van der Waals surface area contributed by atoms with Crippen LogP contribution in [0.25, 0.3) is 16.3 Å². The summed E-state index contributed by atoms with van der Waals surface area (Å²) < 4.78 is 2.20. The van der Waals surface area contributed by atoms with Crippen LogP contribution in [0.4, 0.5) is 5.69 Å². The van der Waals surface area contributed by atoms with Gasteiger partial charge in [0.1, 0.15) is 0 Å². The van der Waals surface area contributed by atoms with Crippen LogP contribution in [0, 0.1) is 6.92 Å². The number of hydrogen-bond acceptors (Lipinski definition) is 6. The normalized spacial score (nSPS) is 14.6. The molecule has 27 heavy (non-hydrogen) atoms. The lowest BCUT2D eigenvalue weighted by Gasteiger charge is -2.28. The molecule has 0 saturated heterocycles. The number of nitrogens with zero attached hydrogens (tertiary/aromatic N) is 5. The van der Waals surface area contributed by atoms with Crippen LogP contribution >= 0.6 is 11.3 Å².